The molecule has 3 heterocycles. The fraction of sp³-hybridized carbons (Fsp3) is 0.810. The highest BCUT2D eigenvalue weighted by molar-refractivity contribution is 5.38. The molecule has 2 fully saturated rings. The fourth-order valence-corrected chi connectivity index (χ4v) is 4.17. The van der Waals surface area contributed by atoms with Crippen molar-refractivity contribution in [3.8, 4) is 0 Å². The molecule has 1 aromatic heterocycles. The molecular formula is C21H36N4O. The van der Waals surface area contributed by atoms with Crippen molar-refractivity contribution in [3.63, 3.8) is 0 Å². The minimum atomic E-state index is 0.000757. The zero-order valence-corrected chi connectivity index (χ0v) is 17.2. The van der Waals surface area contributed by atoms with Crippen LogP contribution in [0.3, 0.4) is 0 Å². The van der Waals surface area contributed by atoms with E-state index in [4.69, 9.17) is 9.72 Å². The molecule has 0 radical (unpaired) electrons. The Morgan fingerprint density at radius 1 is 1.12 bits per heavy atom. The molecule has 2 saturated heterocycles. The van der Waals surface area contributed by atoms with E-state index in [2.05, 4.69) is 55.5 Å². The molecule has 2 aliphatic heterocycles. The van der Waals surface area contributed by atoms with Crippen LogP contribution in [-0.4, -0.2) is 59.8 Å². The minimum absolute atomic E-state index is 0.000757. The molecule has 2 unspecified atom stereocenters. The maximum absolute atomic E-state index is 5.84. The monoisotopic (exact) mass is 360 g/mol. The summed E-state index contributed by atoms with van der Waals surface area (Å²) in [7, 11) is 0. The van der Waals surface area contributed by atoms with Gasteiger partial charge < -0.3 is 9.64 Å². The normalized spacial score (nSPS) is 26.3. The van der Waals surface area contributed by atoms with Gasteiger partial charge in [0.1, 0.15) is 11.6 Å². The third kappa shape index (κ3) is 5.17. The van der Waals surface area contributed by atoms with Crippen molar-refractivity contribution in [2.45, 2.75) is 71.5 Å². The lowest BCUT2D eigenvalue weighted by atomic mass is 9.93. The van der Waals surface area contributed by atoms with E-state index in [-0.39, 0.29) is 5.41 Å². The van der Waals surface area contributed by atoms with Gasteiger partial charge in [0.05, 0.1) is 12.2 Å². The summed E-state index contributed by atoms with van der Waals surface area (Å²) in [6.45, 7) is 16.5. The van der Waals surface area contributed by atoms with Gasteiger partial charge in [-0.25, -0.2) is 9.97 Å². The Hall–Kier alpha value is -1.20. The standard InChI is InChI=1S/C21H36N4O/c1-16-14-24(15-17(2)26-16)11-7-18-8-12-25(13-9-18)19-6-10-22-20(23-19)21(3,4)5/h6,10,16-18H,7-9,11-15H2,1-5H3. The highest BCUT2D eigenvalue weighted by Crippen LogP contribution is 2.26. The summed E-state index contributed by atoms with van der Waals surface area (Å²) in [5, 5.41) is 0. The van der Waals surface area contributed by atoms with Crippen molar-refractivity contribution in [2.75, 3.05) is 37.6 Å². The van der Waals surface area contributed by atoms with Crippen LogP contribution < -0.4 is 4.90 Å². The minimum Gasteiger partial charge on any atom is -0.373 e. The van der Waals surface area contributed by atoms with Gasteiger partial charge in [0, 0.05) is 37.8 Å². The molecule has 0 aromatic carbocycles. The first kappa shape index (κ1) is 19.6. The van der Waals surface area contributed by atoms with Crippen LogP contribution in [0.15, 0.2) is 12.3 Å². The molecule has 0 amide bonds. The molecule has 2 aliphatic rings. The van der Waals surface area contributed by atoms with Crippen molar-refractivity contribution >= 4 is 5.82 Å². The molecule has 0 aliphatic carbocycles. The van der Waals surface area contributed by atoms with Crippen LogP contribution in [0.4, 0.5) is 5.82 Å². The molecule has 0 spiro atoms. The van der Waals surface area contributed by atoms with Crippen molar-refractivity contribution in [2.24, 2.45) is 5.92 Å². The van der Waals surface area contributed by atoms with Gasteiger partial charge in [-0.05, 0) is 51.6 Å². The summed E-state index contributed by atoms with van der Waals surface area (Å²) in [5.74, 6) is 2.87. The molecule has 26 heavy (non-hydrogen) atoms. The van der Waals surface area contributed by atoms with Gasteiger partial charge in [0.25, 0.3) is 0 Å². The van der Waals surface area contributed by atoms with Crippen LogP contribution in [0.5, 0.6) is 0 Å². The topological polar surface area (TPSA) is 41.5 Å². The third-order valence-corrected chi connectivity index (χ3v) is 5.60. The van der Waals surface area contributed by atoms with Crippen molar-refractivity contribution < 1.29 is 4.74 Å². The number of hydrogen-bond donors (Lipinski definition) is 0. The highest BCUT2D eigenvalue weighted by Gasteiger charge is 2.25. The van der Waals surface area contributed by atoms with Gasteiger partial charge in [0.15, 0.2) is 0 Å². The fourth-order valence-electron chi connectivity index (χ4n) is 4.17. The largest absolute Gasteiger partial charge is 0.373 e. The molecule has 146 valence electrons. The van der Waals surface area contributed by atoms with E-state index < -0.39 is 0 Å². The van der Waals surface area contributed by atoms with E-state index in [1.54, 1.807) is 0 Å². The number of piperidine rings is 1. The van der Waals surface area contributed by atoms with E-state index in [0.29, 0.717) is 12.2 Å². The van der Waals surface area contributed by atoms with Gasteiger partial charge in [-0.1, -0.05) is 20.8 Å². The predicted molar refractivity (Wildman–Crippen MR) is 107 cm³/mol. The van der Waals surface area contributed by atoms with Crippen molar-refractivity contribution in [1.29, 1.82) is 0 Å². The molecule has 1 aromatic rings. The van der Waals surface area contributed by atoms with Gasteiger partial charge in [-0.2, -0.15) is 0 Å². The lowest BCUT2D eigenvalue weighted by Gasteiger charge is -2.37. The van der Waals surface area contributed by atoms with E-state index in [9.17, 15) is 0 Å². The Morgan fingerprint density at radius 3 is 2.38 bits per heavy atom. The number of hydrogen-bond acceptors (Lipinski definition) is 5. The molecule has 0 saturated carbocycles. The maximum Gasteiger partial charge on any atom is 0.135 e. The van der Waals surface area contributed by atoms with E-state index in [0.717, 1.165) is 43.7 Å². The highest BCUT2D eigenvalue weighted by atomic mass is 16.5. The van der Waals surface area contributed by atoms with Crippen LogP contribution in [0.25, 0.3) is 0 Å². The van der Waals surface area contributed by atoms with Gasteiger partial charge in [-0.3, -0.25) is 4.90 Å². The number of rotatable bonds is 4. The first-order valence-electron chi connectivity index (χ1n) is 10.3. The third-order valence-electron chi connectivity index (χ3n) is 5.60. The summed E-state index contributed by atoms with van der Waals surface area (Å²) >= 11 is 0. The maximum atomic E-state index is 5.84. The van der Waals surface area contributed by atoms with Crippen molar-refractivity contribution in [1.82, 2.24) is 14.9 Å². The SMILES string of the molecule is CC1CN(CCC2CCN(c3ccnc(C(C)(C)C)n3)CC2)CC(C)O1. The molecule has 5 nitrogen and oxygen atoms in total. The lowest BCUT2D eigenvalue weighted by Crippen LogP contribution is -2.46. The second kappa shape index (κ2) is 8.22. The van der Waals surface area contributed by atoms with Crippen LogP contribution >= 0.6 is 0 Å². The number of aromatic nitrogens is 2. The summed E-state index contributed by atoms with van der Waals surface area (Å²) in [6, 6.07) is 2.06. The lowest BCUT2D eigenvalue weighted by molar-refractivity contribution is -0.0690. The molecule has 5 heteroatoms. The number of ether oxygens (including phenoxy) is 1. The van der Waals surface area contributed by atoms with Crippen LogP contribution in [0, 0.1) is 5.92 Å². The summed E-state index contributed by atoms with van der Waals surface area (Å²) in [5.41, 5.74) is 0.000757. The van der Waals surface area contributed by atoms with Gasteiger partial charge >= 0.3 is 0 Å². The smallest absolute Gasteiger partial charge is 0.135 e. The van der Waals surface area contributed by atoms with Crippen LogP contribution in [-0.2, 0) is 10.2 Å². The second-order valence-electron chi connectivity index (χ2n) is 9.22. The van der Waals surface area contributed by atoms with Gasteiger partial charge in [0.2, 0.25) is 0 Å². The van der Waals surface area contributed by atoms with E-state index >= 15 is 0 Å². The molecular weight excluding hydrogens is 324 g/mol. The average molecular weight is 361 g/mol. The Labute approximate surface area is 159 Å². The summed E-state index contributed by atoms with van der Waals surface area (Å²) in [4.78, 5) is 14.3. The molecule has 3 rings (SSSR count). The van der Waals surface area contributed by atoms with Crippen LogP contribution in [0.1, 0.15) is 59.7 Å². The van der Waals surface area contributed by atoms with Crippen molar-refractivity contribution in [3.05, 3.63) is 18.1 Å². The van der Waals surface area contributed by atoms with Crippen LogP contribution in [0.2, 0.25) is 0 Å². The molecule has 2 atom stereocenters. The predicted octanol–water partition coefficient (Wildman–Crippen LogP) is 3.49. The number of morpholine rings is 1. The second-order valence-corrected chi connectivity index (χ2v) is 9.22. The van der Waals surface area contributed by atoms with E-state index in [1.165, 1.54) is 25.8 Å². The zero-order valence-electron chi connectivity index (χ0n) is 17.2. The van der Waals surface area contributed by atoms with E-state index in [1.807, 2.05) is 6.20 Å². The number of anilines is 1. The average Bonchev–Trinajstić information content (AvgIpc) is 2.59. The Kier molecular flexibility index (Phi) is 6.18. The Balaban J connectivity index is 1.47. The summed E-state index contributed by atoms with van der Waals surface area (Å²) in [6.07, 6.45) is 6.50. The molecule has 0 N–H and O–H groups in total. The zero-order chi connectivity index (χ0) is 18.7. The summed E-state index contributed by atoms with van der Waals surface area (Å²) < 4.78 is 5.84. The Morgan fingerprint density at radius 2 is 1.77 bits per heavy atom. The van der Waals surface area contributed by atoms with Gasteiger partial charge in [-0.15, -0.1) is 0 Å². The quantitative estimate of drug-likeness (QED) is 0.822. The first-order valence-corrected chi connectivity index (χ1v) is 10.3. The first-order chi connectivity index (χ1) is 12.3. The Bertz CT molecular complexity index is 568. The number of nitrogens with zero attached hydrogens (tertiary/aromatic N) is 4. The molecule has 0 bridgehead atoms.